The van der Waals surface area contributed by atoms with E-state index in [1.165, 1.54) is 14.2 Å². The van der Waals surface area contributed by atoms with Crippen LogP contribution in [0.1, 0.15) is 124 Å². The van der Waals surface area contributed by atoms with E-state index in [-0.39, 0.29) is 62.2 Å². The Bertz CT molecular complexity index is 2450. The predicted octanol–water partition coefficient (Wildman–Crippen LogP) is 5.35. The summed E-state index contributed by atoms with van der Waals surface area (Å²) in [4.78, 5) is 99.3. The van der Waals surface area contributed by atoms with Gasteiger partial charge in [0.05, 0.1) is 18.3 Å². The summed E-state index contributed by atoms with van der Waals surface area (Å²) in [6, 6.07) is -2.16. The van der Waals surface area contributed by atoms with Crippen molar-refractivity contribution in [3.8, 4) is 0 Å². The van der Waals surface area contributed by atoms with Crippen LogP contribution in [0.25, 0.3) is 0 Å². The minimum atomic E-state index is -2.48. The number of carbonyl (C=O) groups excluding carboxylic acids is 6. The monoisotopic (exact) mass is 1150 g/mol. The van der Waals surface area contributed by atoms with Crippen LogP contribution in [0.3, 0.4) is 0 Å². The van der Waals surface area contributed by atoms with Crippen LogP contribution >= 0.6 is 0 Å². The number of ketones is 3. The van der Waals surface area contributed by atoms with Crippen molar-refractivity contribution in [3.05, 3.63) is 65.6 Å². The van der Waals surface area contributed by atoms with Gasteiger partial charge in [0.2, 0.25) is 11.7 Å². The highest BCUT2D eigenvalue weighted by Crippen LogP contribution is 2.37. The fraction of sp³-hybridized carbons (Fsp3) is 0.705. The first kappa shape index (κ1) is 65.9. The standard InChI is InChI=1S/C61H93N7O14/c1-37-16-12-11-13-17-38(2)50(77-8)32-45-21-19-42(6)61(76,82-45)56(72)57(73)68-23-15-14-18-47(68)58(74)80-51(33-48(69)39(3)29-41(5)54(71)55(79-10)53(70)40(4)28-37)46(62)30-43-20-22-49(52(31-43)78-9)81-60(75)65-36-44-34-63-59(64-35-44)67-26-24-66(7)25-27-67/h11-13,16-17,29,34-35,37,39-40,42-43,45-47,49-52,54-55,71,76H,14-15,18-28,30-33,36,62H2,1-10H3,(H,65,75)/b13-11+,16-12+,38-17+,41-29+/t37-,39-,40?,42-,43+,45+,46-,47+,49-,50+,51+,52-,54-,55+,61-/m1/s1. The zero-order valence-electron chi connectivity index (χ0n) is 50.0. The topological polar surface area (TPSA) is 272 Å². The maximum absolute atomic E-state index is 14.6. The van der Waals surface area contributed by atoms with Gasteiger partial charge in [-0.15, -0.1) is 0 Å². The number of nitrogens with one attached hydrogen (secondary N) is 1. The van der Waals surface area contributed by atoms with Crippen molar-refractivity contribution in [3.63, 3.8) is 0 Å². The van der Waals surface area contributed by atoms with Gasteiger partial charge in [0, 0.05) is 115 Å². The lowest BCUT2D eigenvalue weighted by Gasteiger charge is -2.42. The maximum Gasteiger partial charge on any atom is 0.407 e. The number of Topliss-reactive ketones (excluding diaryl/α,β-unsaturated/α-hetero) is 3. The maximum atomic E-state index is 14.6. The number of allylic oxidation sites excluding steroid dienone is 6. The zero-order chi connectivity index (χ0) is 59.8. The van der Waals surface area contributed by atoms with Crippen LogP contribution in [0.2, 0.25) is 0 Å². The van der Waals surface area contributed by atoms with Gasteiger partial charge in [-0.2, -0.15) is 0 Å². The van der Waals surface area contributed by atoms with E-state index in [2.05, 4.69) is 32.1 Å². The Morgan fingerprint density at radius 2 is 1.57 bits per heavy atom. The van der Waals surface area contributed by atoms with Crippen LogP contribution in [-0.4, -0.2) is 187 Å². The molecular weight excluding hydrogens is 1050 g/mol. The average molecular weight is 1150 g/mol. The molecule has 6 rings (SSSR count). The first-order valence-electron chi connectivity index (χ1n) is 29.5. The van der Waals surface area contributed by atoms with Gasteiger partial charge in [0.25, 0.3) is 11.7 Å². The van der Waals surface area contributed by atoms with Crippen molar-refractivity contribution < 1.29 is 67.4 Å². The van der Waals surface area contributed by atoms with Gasteiger partial charge in [-0.1, -0.05) is 64.2 Å². The van der Waals surface area contributed by atoms with E-state index in [1.807, 2.05) is 44.2 Å². The molecular formula is C61H93N7O14. The van der Waals surface area contributed by atoms with E-state index >= 15 is 0 Å². The number of nitrogens with two attached hydrogens (primary N) is 1. The number of likely N-dealkylation sites (N-methyl/N-ethyl adjacent to an activating group) is 1. The molecule has 5 aliphatic rings. The van der Waals surface area contributed by atoms with Crippen LogP contribution in [0.15, 0.2) is 60.0 Å². The number of fused-ring (bicyclic) bond motifs is 3. The number of hydrogen-bond donors (Lipinski definition) is 4. The van der Waals surface area contributed by atoms with Crippen molar-refractivity contribution in [2.75, 3.05) is 66.0 Å². The number of methoxy groups -OCH3 is 3. The molecule has 5 N–H and O–H groups in total. The fourth-order valence-corrected chi connectivity index (χ4v) is 12.0. The zero-order valence-corrected chi connectivity index (χ0v) is 50.0. The molecule has 0 spiro atoms. The summed E-state index contributed by atoms with van der Waals surface area (Å²) in [6.45, 7) is 14.3. The number of piperidine rings is 1. The van der Waals surface area contributed by atoms with E-state index in [9.17, 15) is 39.0 Å². The highest BCUT2D eigenvalue weighted by molar-refractivity contribution is 6.39. The van der Waals surface area contributed by atoms with Crippen LogP contribution in [0, 0.1) is 29.6 Å². The first-order valence-corrected chi connectivity index (χ1v) is 29.5. The molecule has 456 valence electrons. The van der Waals surface area contributed by atoms with E-state index in [0.29, 0.717) is 68.5 Å². The van der Waals surface area contributed by atoms with E-state index in [0.717, 1.165) is 36.7 Å². The summed E-state index contributed by atoms with van der Waals surface area (Å²) in [6.07, 6.45) is 12.0. The molecule has 82 heavy (non-hydrogen) atoms. The SMILES string of the molecule is CO[C@H]1C[C@@H]2CC[C@@H](C)[C@@](O)(O2)C(=O)C(=O)N2CCCC[C@H]2C(=O)O[C@H]([C@H](N)C[C@@H]2CC[C@@H](OC(=O)NCc3cnc(N4CCN(C)CC4)nc3)[C@H](OC)C2)CC(=O)[C@H](C)/C=C(\C)[C@@H](O)[C@@H](OC)C(=O)C(C)C[C@H](C)/C=C/C=C/C=C/1C. The Balaban J connectivity index is 1.20. The van der Waals surface area contributed by atoms with Crippen LogP contribution in [0.5, 0.6) is 0 Å². The van der Waals surface area contributed by atoms with Gasteiger partial charge in [0.1, 0.15) is 36.2 Å². The number of anilines is 1. The number of ether oxygens (including phenoxy) is 6. The van der Waals surface area contributed by atoms with Gasteiger partial charge >= 0.3 is 12.1 Å². The van der Waals surface area contributed by atoms with Crippen molar-refractivity contribution in [1.29, 1.82) is 0 Å². The lowest BCUT2D eigenvalue weighted by Crippen LogP contribution is -2.61. The van der Waals surface area contributed by atoms with E-state index < -0.39 is 102 Å². The second-order valence-corrected chi connectivity index (χ2v) is 23.7. The molecule has 2 bridgehead atoms. The number of aliphatic hydroxyl groups excluding tert-OH is 1. The minimum absolute atomic E-state index is 0.0126. The molecule has 2 amide bonds. The van der Waals surface area contributed by atoms with Crippen LogP contribution in [-0.2, 0) is 58.9 Å². The molecule has 4 fully saturated rings. The number of amides is 2. The summed E-state index contributed by atoms with van der Waals surface area (Å²) < 4.78 is 35.6. The molecule has 4 aliphatic heterocycles. The molecule has 21 heteroatoms. The van der Waals surface area contributed by atoms with Gasteiger partial charge in [-0.25, -0.2) is 19.6 Å². The van der Waals surface area contributed by atoms with Crippen molar-refractivity contribution in [2.24, 2.45) is 35.3 Å². The largest absolute Gasteiger partial charge is 0.459 e. The minimum Gasteiger partial charge on any atom is -0.459 e. The lowest BCUT2D eigenvalue weighted by atomic mass is 9.80. The van der Waals surface area contributed by atoms with Gasteiger partial charge < -0.3 is 64.4 Å². The van der Waals surface area contributed by atoms with Gasteiger partial charge in [-0.3, -0.25) is 19.2 Å². The summed E-state index contributed by atoms with van der Waals surface area (Å²) in [5.74, 6) is -7.84. The quantitative estimate of drug-likeness (QED) is 0.131. The Hall–Kier alpha value is -5.26. The molecule has 0 aromatic carbocycles. The Labute approximate surface area is 484 Å². The highest BCUT2D eigenvalue weighted by Gasteiger charge is 2.53. The molecule has 1 saturated carbocycles. The summed E-state index contributed by atoms with van der Waals surface area (Å²) in [7, 11) is 6.55. The number of esters is 1. The molecule has 0 radical (unpaired) electrons. The number of aromatic nitrogens is 2. The van der Waals surface area contributed by atoms with Crippen molar-refractivity contribution >= 4 is 41.3 Å². The Morgan fingerprint density at radius 3 is 2.26 bits per heavy atom. The number of nitrogens with zero attached hydrogens (tertiary/aromatic N) is 5. The van der Waals surface area contributed by atoms with E-state index in [4.69, 9.17) is 34.2 Å². The number of carbonyl (C=O) groups is 6. The van der Waals surface area contributed by atoms with Crippen molar-refractivity contribution in [1.82, 2.24) is 25.1 Å². The molecule has 1 unspecified atom stereocenters. The molecule has 5 heterocycles. The van der Waals surface area contributed by atoms with Crippen LogP contribution in [0.4, 0.5) is 10.7 Å². The number of aliphatic hydroxyl groups is 2. The molecule has 15 atom stereocenters. The Morgan fingerprint density at radius 1 is 0.854 bits per heavy atom. The fourth-order valence-electron chi connectivity index (χ4n) is 12.0. The second kappa shape index (κ2) is 31.0. The molecule has 21 nitrogen and oxygen atoms in total. The van der Waals surface area contributed by atoms with Gasteiger partial charge in [0.15, 0.2) is 5.78 Å². The Kier molecular flexibility index (Phi) is 24.9. The second-order valence-electron chi connectivity index (χ2n) is 23.7. The summed E-state index contributed by atoms with van der Waals surface area (Å²) in [5.41, 5.74) is 8.92. The average Bonchev–Trinajstić information content (AvgIpc) is 3.54. The van der Waals surface area contributed by atoms with Gasteiger partial charge in [-0.05, 0) is 108 Å². The van der Waals surface area contributed by atoms with Crippen LogP contribution < -0.4 is 16.0 Å². The number of alkyl carbamates (subject to hydrolysis) is 1. The normalized spacial score (nSPS) is 35.7. The number of rotatable bonds is 10. The predicted molar refractivity (Wildman–Crippen MR) is 307 cm³/mol. The number of hydrogen-bond acceptors (Lipinski definition) is 19. The number of piperazine rings is 1. The third-order valence-electron chi connectivity index (χ3n) is 17.4. The summed E-state index contributed by atoms with van der Waals surface area (Å²) >= 11 is 0. The smallest absolute Gasteiger partial charge is 0.407 e. The number of cyclic esters (lactones) is 1. The van der Waals surface area contributed by atoms with E-state index in [1.54, 1.807) is 53.3 Å². The summed E-state index contributed by atoms with van der Waals surface area (Å²) in [5, 5.41) is 26.4. The molecule has 3 saturated heterocycles. The third-order valence-corrected chi connectivity index (χ3v) is 17.4. The molecule has 1 aromatic rings. The lowest BCUT2D eigenvalue weighted by molar-refractivity contribution is -0.265. The molecule has 1 aliphatic carbocycles. The highest BCUT2D eigenvalue weighted by atomic mass is 16.6. The van der Waals surface area contributed by atoms with Crippen molar-refractivity contribution in [2.45, 2.75) is 186 Å². The third kappa shape index (κ3) is 17.7. The molecule has 1 aromatic heterocycles. The first-order chi connectivity index (χ1) is 39.1.